The summed E-state index contributed by atoms with van der Waals surface area (Å²) in [6.07, 6.45) is 1.14. The molecule has 21 heteroatoms. The Kier molecular flexibility index (Phi) is 21.3. The number of hydrogen-bond donors (Lipinski definition) is 4. The normalized spacial score (nSPS) is 12.0. The number of nitrogens with zero attached hydrogens (tertiary/aromatic N) is 4. The van der Waals surface area contributed by atoms with E-state index in [1.54, 1.807) is 36.4 Å². The Labute approximate surface area is 435 Å². The number of ether oxygens (including phenoxy) is 2. The molecular weight excluding hydrogens is 1020 g/mol. The first kappa shape index (κ1) is 55.5. The lowest BCUT2D eigenvalue weighted by Gasteiger charge is -2.15. The minimum Gasteiger partial charge on any atom is -0.494 e. The van der Waals surface area contributed by atoms with E-state index < -0.39 is 47.3 Å². The highest BCUT2D eigenvalue weighted by Crippen LogP contribution is 2.30. The van der Waals surface area contributed by atoms with E-state index in [4.69, 9.17) is 67.5 Å². The van der Waals surface area contributed by atoms with Gasteiger partial charge < -0.3 is 30.7 Å². The zero-order chi connectivity index (χ0) is 51.6. The van der Waals surface area contributed by atoms with Crippen LogP contribution in [0.2, 0.25) is 10.0 Å². The Balaban J connectivity index is 1.27. The number of azo groups is 2. The summed E-state index contributed by atoms with van der Waals surface area (Å²) in [6, 6.07) is 20.2. The maximum Gasteiger partial charge on any atom is 0.258 e. The predicted octanol–water partition coefficient (Wildman–Crippen LogP) is 12.0. The number of hydrogen-bond acceptors (Lipinski definition) is 12. The van der Waals surface area contributed by atoms with E-state index in [2.05, 4.69) is 41.7 Å². The van der Waals surface area contributed by atoms with Crippen LogP contribution in [0.3, 0.4) is 0 Å². The Morgan fingerprint density at radius 3 is 1.31 bits per heavy atom. The van der Waals surface area contributed by atoms with Gasteiger partial charge in [0.2, 0.25) is 12.1 Å². The number of rotatable bonds is 24. The number of nitrogens with one attached hydrogen (secondary N) is 4. The van der Waals surface area contributed by atoms with Crippen LogP contribution in [0.25, 0.3) is 0 Å². The zero-order valence-corrected chi connectivity index (χ0v) is 42.7. The van der Waals surface area contributed by atoms with Crippen LogP contribution in [-0.4, -0.2) is 78.1 Å². The van der Waals surface area contributed by atoms with Crippen molar-refractivity contribution >= 4 is 127 Å². The van der Waals surface area contributed by atoms with Gasteiger partial charge in [0.15, 0.2) is 11.6 Å². The van der Waals surface area contributed by atoms with Gasteiger partial charge in [0.1, 0.15) is 11.5 Å². The highest BCUT2D eigenvalue weighted by atomic mass is 35.5. The summed E-state index contributed by atoms with van der Waals surface area (Å²) in [5.74, 6) is -1.97. The second-order valence-corrected chi connectivity index (χ2v) is 17.4. The van der Waals surface area contributed by atoms with Gasteiger partial charge >= 0.3 is 0 Å². The van der Waals surface area contributed by atoms with E-state index >= 15 is 0 Å². The quantitative estimate of drug-likeness (QED) is 0.0264. The monoisotopic (exact) mass is 1060 g/mol. The fourth-order valence-electron chi connectivity index (χ4n) is 6.83. The van der Waals surface area contributed by atoms with Gasteiger partial charge in [0, 0.05) is 61.6 Å². The number of halogens is 5. The number of amides is 4. The third-order valence-electron chi connectivity index (χ3n) is 10.1. The second kappa shape index (κ2) is 27.2. The minimum absolute atomic E-state index is 0.0960. The fraction of sp³-hybridized carbons (Fsp3) is 0.280. The molecule has 0 saturated heterocycles. The largest absolute Gasteiger partial charge is 0.494 e. The van der Waals surface area contributed by atoms with Gasteiger partial charge in [-0.15, -0.1) is 34.8 Å². The molecule has 5 rings (SSSR count). The number of carbonyl (C=O) groups is 6. The molecule has 0 bridgehead atoms. The van der Waals surface area contributed by atoms with Crippen molar-refractivity contribution in [2.24, 2.45) is 20.5 Å². The molecule has 2 unspecified atom stereocenters. The van der Waals surface area contributed by atoms with Crippen LogP contribution in [0, 0.1) is 0 Å². The number of carbonyl (C=O) groups excluding carboxylic acids is 6. The molecule has 4 amide bonds. The summed E-state index contributed by atoms with van der Waals surface area (Å²) in [4.78, 5) is 79.3. The minimum atomic E-state index is -1.62. The number of aryl methyl sites for hydroxylation is 3. The van der Waals surface area contributed by atoms with Gasteiger partial charge in [-0.25, -0.2) is 0 Å². The SMILES string of the molecule is CCOc1ccc(NC(=O)c2cc(Cl)cc(N=NC(C(C)=O)C(=O)Nc3ccc(NC(=O)C(N=Nc4cc(Cl)cc(C(=O)Nc5ccc(OCC)cc5CCCl)c4)C(C)=O)c(CCCl)c3)c2)c(CCCl)c1. The maximum absolute atomic E-state index is 13.6. The molecule has 0 aliphatic rings. The predicted molar refractivity (Wildman–Crippen MR) is 279 cm³/mol. The summed E-state index contributed by atoms with van der Waals surface area (Å²) in [6.45, 7) is 7.00. The average Bonchev–Trinajstić information content (AvgIpc) is 3.31. The summed E-state index contributed by atoms with van der Waals surface area (Å²) in [7, 11) is 0. The standard InChI is InChI=1S/C50H49Cl5N8O8/c1-5-70-40-8-11-43(31(24-40)14-17-52)57-47(66)33-19-35(54)26-38(22-33)60-62-45(28(3)64)49(68)56-37-7-10-42(30(21-37)13-16-51)59-50(69)46(29(4)65)63-61-39-23-34(20-36(55)27-39)48(67)58-44-12-9-41(71-6-2)25-32(44)15-18-53/h7-12,19-27,45-46H,5-6,13-18H2,1-4H3,(H,56,68)(H,57,66)(H,58,67)(H,59,69). The van der Waals surface area contributed by atoms with Gasteiger partial charge in [-0.2, -0.15) is 20.5 Å². The van der Waals surface area contributed by atoms with Crippen LogP contribution >= 0.6 is 58.0 Å². The van der Waals surface area contributed by atoms with Gasteiger partial charge in [0.25, 0.3) is 23.6 Å². The van der Waals surface area contributed by atoms with Crippen molar-refractivity contribution in [2.75, 3.05) is 52.1 Å². The molecule has 0 saturated carbocycles. The van der Waals surface area contributed by atoms with E-state index in [0.29, 0.717) is 66.3 Å². The van der Waals surface area contributed by atoms with E-state index in [1.807, 2.05) is 13.8 Å². The van der Waals surface area contributed by atoms with Crippen molar-refractivity contribution in [1.29, 1.82) is 0 Å². The van der Waals surface area contributed by atoms with Crippen LogP contribution in [-0.2, 0) is 38.4 Å². The maximum atomic E-state index is 13.6. The average molecular weight is 1070 g/mol. The lowest BCUT2D eigenvalue weighted by atomic mass is 10.1. The van der Waals surface area contributed by atoms with Crippen molar-refractivity contribution < 1.29 is 38.2 Å². The van der Waals surface area contributed by atoms with E-state index in [9.17, 15) is 28.8 Å². The highest BCUT2D eigenvalue weighted by Gasteiger charge is 2.26. The Bertz CT molecular complexity index is 2850. The number of benzene rings is 5. The molecular formula is C50H49Cl5N8O8. The number of ketones is 2. The molecule has 0 radical (unpaired) electrons. The summed E-state index contributed by atoms with van der Waals surface area (Å²) in [5, 5.41) is 27.5. The molecule has 5 aromatic rings. The Morgan fingerprint density at radius 2 is 0.901 bits per heavy atom. The lowest BCUT2D eigenvalue weighted by molar-refractivity contribution is -0.127. The van der Waals surface area contributed by atoms with Crippen LogP contribution in [0.5, 0.6) is 11.5 Å². The lowest BCUT2D eigenvalue weighted by Crippen LogP contribution is -2.32. The van der Waals surface area contributed by atoms with Gasteiger partial charge in [-0.05, 0) is 155 Å². The molecule has 5 aromatic carbocycles. The third kappa shape index (κ3) is 16.3. The molecule has 71 heavy (non-hydrogen) atoms. The first-order chi connectivity index (χ1) is 34.0. The van der Waals surface area contributed by atoms with Crippen LogP contribution in [0.1, 0.15) is 65.1 Å². The van der Waals surface area contributed by atoms with Crippen molar-refractivity contribution in [3.63, 3.8) is 0 Å². The first-order valence-electron chi connectivity index (χ1n) is 22.1. The summed E-state index contributed by atoms with van der Waals surface area (Å²) < 4.78 is 11.2. The topological polar surface area (TPSA) is 218 Å². The molecule has 16 nitrogen and oxygen atoms in total. The Hall–Kier alpha value is -6.43. The molecule has 372 valence electrons. The second-order valence-electron chi connectivity index (χ2n) is 15.4. The third-order valence-corrected chi connectivity index (χ3v) is 11.1. The molecule has 2 atom stereocenters. The molecule has 0 fully saturated rings. The van der Waals surface area contributed by atoms with Gasteiger partial charge in [-0.3, -0.25) is 28.8 Å². The molecule has 0 aliphatic carbocycles. The van der Waals surface area contributed by atoms with Crippen LogP contribution in [0.4, 0.5) is 34.1 Å². The summed E-state index contributed by atoms with van der Waals surface area (Å²) in [5.41, 5.74) is 3.97. The first-order valence-corrected chi connectivity index (χ1v) is 24.4. The molecule has 0 heterocycles. The van der Waals surface area contributed by atoms with Gasteiger partial charge in [-0.1, -0.05) is 23.2 Å². The van der Waals surface area contributed by atoms with Crippen molar-refractivity contribution in [1.82, 2.24) is 0 Å². The van der Waals surface area contributed by atoms with Crippen molar-refractivity contribution in [3.05, 3.63) is 129 Å². The molecule has 0 aromatic heterocycles. The van der Waals surface area contributed by atoms with Crippen molar-refractivity contribution in [3.8, 4) is 11.5 Å². The van der Waals surface area contributed by atoms with E-state index in [1.165, 1.54) is 68.4 Å². The number of anilines is 4. The molecule has 0 aliphatic heterocycles. The van der Waals surface area contributed by atoms with Crippen LogP contribution < -0.4 is 30.7 Å². The number of Topliss-reactive ketones (excluding diaryl/α,β-unsaturated/α-hetero) is 2. The molecule has 0 spiro atoms. The summed E-state index contributed by atoms with van der Waals surface area (Å²) >= 11 is 30.9. The number of alkyl halides is 3. The Morgan fingerprint density at radius 1 is 0.507 bits per heavy atom. The van der Waals surface area contributed by atoms with Gasteiger partial charge in [0.05, 0.1) is 24.6 Å². The smallest absolute Gasteiger partial charge is 0.258 e. The zero-order valence-electron chi connectivity index (χ0n) is 38.9. The van der Waals surface area contributed by atoms with E-state index in [-0.39, 0.29) is 56.2 Å². The van der Waals surface area contributed by atoms with E-state index in [0.717, 1.165) is 11.1 Å². The fourth-order valence-corrected chi connectivity index (χ4v) is 7.90. The highest BCUT2D eigenvalue weighted by molar-refractivity contribution is 6.32. The molecule has 4 N–H and O–H groups in total. The van der Waals surface area contributed by atoms with Crippen LogP contribution in [0.15, 0.2) is 111 Å². The van der Waals surface area contributed by atoms with Crippen molar-refractivity contribution in [2.45, 2.75) is 59.0 Å².